The van der Waals surface area contributed by atoms with Crippen LogP contribution in [0.25, 0.3) is 0 Å². The van der Waals surface area contributed by atoms with Crippen molar-refractivity contribution in [2.24, 2.45) is 0 Å². The van der Waals surface area contributed by atoms with E-state index in [2.05, 4.69) is 5.32 Å². The number of rotatable bonds is 8. The molecule has 0 unspecified atom stereocenters. The smallest absolute Gasteiger partial charge is 0.335 e. The third-order valence-electron chi connectivity index (χ3n) is 3.50. The van der Waals surface area contributed by atoms with Crippen molar-refractivity contribution in [3.63, 3.8) is 0 Å². The molecule has 0 radical (unpaired) electrons. The fourth-order valence-corrected chi connectivity index (χ4v) is 2.30. The normalized spacial score (nSPS) is 10.2. The van der Waals surface area contributed by atoms with Crippen molar-refractivity contribution >= 4 is 23.3 Å². The van der Waals surface area contributed by atoms with Gasteiger partial charge in [-0.1, -0.05) is 25.1 Å². The highest BCUT2D eigenvalue weighted by Gasteiger charge is 2.17. The third kappa shape index (κ3) is 4.79. The predicted molar refractivity (Wildman–Crippen MR) is 94.6 cm³/mol. The number of hydrogen-bond acceptors (Lipinski definition) is 5. The summed E-state index contributed by atoms with van der Waals surface area (Å²) in [7, 11) is 0. The maximum absolute atomic E-state index is 12.3. The molecular formula is C18H18N2O6. The number of carboxylic acid groups (broad SMARTS) is 1. The van der Waals surface area contributed by atoms with E-state index in [4.69, 9.17) is 9.84 Å². The van der Waals surface area contributed by atoms with Gasteiger partial charge in [-0.2, -0.15) is 0 Å². The Morgan fingerprint density at radius 2 is 1.96 bits per heavy atom. The highest BCUT2D eigenvalue weighted by molar-refractivity contribution is 5.96. The van der Waals surface area contributed by atoms with E-state index in [-0.39, 0.29) is 28.9 Å². The van der Waals surface area contributed by atoms with Gasteiger partial charge in [0.2, 0.25) is 5.91 Å². The minimum absolute atomic E-state index is 0.00478. The Bertz CT molecular complexity index is 834. The van der Waals surface area contributed by atoms with Crippen LogP contribution in [0.15, 0.2) is 42.5 Å². The first-order valence-corrected chi connectivity index (χ1v) is 7.94. The van der Waals surface area contributed by atoms with Gasteiger partial charge >= 0.3 is 5.97 Å². The first-order chi connectivity index (χ1) is 12.4. The van der Waals surface area contributed by atoms with Crippen LogP contribution in [0, 0.1) is 10.1 Å². The molecular weight excluding hydrogens is 340 g/mol. The number of anilines is 1. The van der Waals surface area contributed by atoms with E-state index in [0.717, 1.165) is 6.42 Å². The van der Waals surface area contributed by atoms with E-state index < -0.39 is 16.8 Å². The lowest BCUT2D eigenvalue weighted by Gasteiger charge is -2.13. The summed E-state index contributed by atoms with van der Waals surface area (Å²) in [6, 6.07) is 10.1. The van der Waals surface area contributed by atoms with Gasteiger partial charge < -0.3 is 15.2 Å². The second-order valence-electron chi connectivity index (χ2n) is 5.48. The maximum Gasteiger partial charge on any atom is 0.335 e. The summed E-state index contributed by atoms with van der Waals surface area (Å²) in [6.07, 6.45) is 0.520. The number of nitro benzene ring substituents is 1. The van der Waals surface area contributed by atoms with Crippen molar-refractivity contribution in [2.75, 3.05) is 11.9 Å². The quantitative estimate of drug-likeness (QED) is 0.552. The van der Waals surface area contributed by atoms with E-state index in [1.54, 1.807) is 6.07 Å². The van der Waals surface area contributed by atoms with Gasteiger partial charge in [-0.3, -0.25) is 14.9 Å². The predicted octanol–water partition coefficient (Wildman–Crippen LogP) is 3.26. The second-order valence-corrected chi connectivity index (χ2v) is 5.48. The lowest BCUT2D eigenvalue weighted by atomic mass is 10.1. The number of para-hydroxylation sites is 1. The summed E-state index contributed by atoms with van der Waals surface area (Å²) in [5.74, 6) is -1.31. The first kappa shape index (κ1) is 18.9. The molecule has 26 heavy (non-hydrogen) atoms. The molecule has 2 rings (SSSR count). The van der Waals surface area contributed by atoms with Gasteiger partial charge in [-0.15, -0.1) is 0 Å². The molecule has 0 aliphatic rings. The number of nitrogens with one attached hydrogen (secondary N) is 1. The number of carboxylic acids is 1. The molecule has 8 nitrogen and oxygen atoms in total. The Morgan fingerprint density at radius 1 is 1.23 bits per heavy atom. The number of carbonyl (C=O) groups excluding carboxylic acids is 1. The van der Waals surface area contributed by atoms with E-state index in [0.29, 0.717) is 12.4 Å². The van der Waals surface area contributed by atoms with Crippen LogP contribution in [0.2, 0.25) is 0 Å². The van der Waals surface area contributed by atoms with Crippen molar-refractivity contribution in [1.29, 1.82) is 0 Å². The van der Waals surface area contributed by atoms with Crippen molar-refractivity contribution < 1.29 is 24.4 Å². The minimum atomic E-state index is -1.14. The van der Waals surface area contributed by atoms with Gasteiger partial charge in [0, 0.05) is 11.6 Å². The number of ether oxygens (including phenoxy) is 1. The standard InChI is InChI=1S/C18H18N2O6/c1-2-9-26-16-8-7-13(18(22)23)10-14(16)19-17(21)11-12-5-3-4-6-15(12)20(24)25/h3-8,10H,2,9,11H2,1H3,(H,19,21)(H,22,23). The maximum atomic E-state index is 12.3. The van der Waals surface area contributed by atoms with Gasteiger partial charge in [-0.25, -0.2) is 4.79 Å². The zero-order valence-corrected chi connectivity index (χ0v) is 14.1. The highest BCUT2D eigenvalue weighted by Crippen LogP contribution is 2.27. The number of nitro groups is 1. The lowest BCUT2D eigenvalue weighted by Crippen LogP contribution is -2.16. The third-order valence-corrected chi connectivity index (χ3v) is 3.50. The van der Waals surface area contributed by atoms with Crippen LogP contribution in [0.4, 0.5) is 11.4 Å². The van der Waals surface area contributed by atoms with Crippen molar-refractivity contribution in [3.8, 4) is 5.75 Å². The number of aromatic carboxylic acids is 1. The van der Waals surface area contributed by atoms with Crippen molar-refractivity contribution in [2.45, 2.75) is 19.8 Å². The monoisotopic (exact) mass is 358 g/mol. The van der Waals surface area contributed by atoms with E-state index in [1.807, 2.05) is 6.92 Å². The Labute approximate surface area is 149 Å². The summed E-state index contributed by atoms with van der Waals surface area (Å²) < 4.78 is 5.52. The summed E-state index contributed by atoms with van der Waals surface area (Å²) in [6.45, 7) is 2.32. The van der Waals surface area contributed by atoms with Gasteiger partial charge in [-0.05, 0) is 24.6 Å². The zero-order chi connectivity index (χ0) is 19.1. The van der Waals surface area contributed by atoms with Crippen molar-refractivity contribution in [3.05, 3.63) is 63.7 Å². The molecule has 0 fully saturated rings. The summed E-state index contributed by atoms with van der Waals surface area (Å²) >= 11 is 0. The molecule has 0 heterocycles. The first-order valence-electron chi connectivity index (χ1n) is 7.94. The van der Waals surface area contributed by atoms with Gasteiger partial charge in [0.1, 0.15) is 5.75 Å². The number of nitrogens with zero attached hydrogens (tertiary/aromatic N) is 1. The number of carbonyl (C=O) groups is 2. The van der Waals surface area contributed by atoms with E-state index in [1.165, 1.54) is 36.4 Å². The summed E-state index contributed by atoms with van der Waals surface area (Å²) in [5.41, 5.74) is 0.321. The topological polar surface area (TPSA) is 119 Å². The van der Waals surface area contributed by atoms with Crippen LogP contribution in [0.5, 0.6) is 5.75 Å². The molecule has 2 N–H and O–H groups in total. The Balaban J connectivity index is 2.23. The molecule has 1 amide bonds. The fourth-order valence-electron chi connectivity index (χ4n) is 2.30. The summed E-state index contributed by atoms with van der Waals surface area (Å²) in [5, 5.41) is 22.7. The molecule has 2 aromatic rings. The molecule has 136 valence electrons. The van der Waals surface area contributed by atoms with Crippen LogP contribution in [-0.4, -0.2) is 28.5 Å². The zero-order valence-electron chi connectivity index (χ0n) is 14.1. The average molecular weight is 358 g/mol. The van der Waals surface area contributed by atoms with E-state index in [9.17, 15) is 19.7 Å². The summed E-state index contributed by atoms with van der Waals surface area (Å²) in [4.78, 5) is 34.0. The Kier molecular flexibility index (Phi) is 6.26. The molecule has 0 saturated heterocycles. The van der Waals surface area contributed by atoms with Gasteiger partial charge in [0.25, 0.3) is 5.69 Å². The van der Waals surface area contributed by atoms with Crippen LogP contribution in [0.1, 0.15) is 29.3 Å². The fraction of sp³-hybridized carbons (Fsp3) is 0.222. The van der Waals surface area contributed by atoms with Gasteiger partial charge in [0.05, 0.1) is 29.2 Å². The number of benzene rings is 2. The number of amides is 1. The van der Waals surface area contributed by atoms with E-state index >= 15 is 0 Å². The largest absolute Gasteiger partial charge is 0.491 e. The second kappa shape index (κ2) is 8.61. The molecule has 0 bridgehead atoms. The van der Waals surface area contributed by atoms with Crippen LogP contribution in [0.3, 0.4) is 0 Å². The van der Waals surface area contributed by atoms with Crippen LogP contribution < -0.4 is 10.1 Å². The molecule has 0 atom stereocenters. The highest BCUT2D eigenvalue weighted by atomic mass is 16.6. The SMILES string of the molecule is CCCOc1ccc(C(=O)O)cc1NC(=O)Cc1ccccc1[N+](=O)[O-]. The van der Waals surface area contributed by atoms with Crippen molar-refractivity contribution in [1.82, 2.24) is 0 Å². The molecule has 2 aromatic carbocycles. The molecule has 0 spiro atoms. The number of hydrogen-bond donors (Lipinski definition) is 2. The minimum Gasteiger partial charge on any atom is -0.491 e. The molecule has 0 aliphatic heterocycles. The lowest BCUT2D eigenvalue weighted by molar-refractivity contribution is -0.385. The van der Waals surface area contributed by atoms with Gasteiger partial charge in [0.15, 0.2) is 0 Å². The van der Waals surface area contributed by atoms with Crippen LogP contribution in [-0.2, 0) is 11.2 Å². The Hall–Kier alpha value is -3.42. The average Bonchev–Trinajstić information content (AvgIpc) is 2.60. The Morgan fingerprint density at radius 3 is 2.62 bits per heavy atom. The molecule has 0 aliphatic carbocycles. The van der Waals surface area contributed by atoms with Crippen LogP contribution >= 0.6 is 0 Å². The molecule has 0 aromatic heterocycles. The molecule has 8 heteroatoms. The molecule has 0 saturated carbocycles.